The van der Waals surface area contributed by atoms with Crippen LogP contribution in [0.3, 0.4) is 0 Å². The van der Waals surface area contributed by atoms with Crippen LogP contribution < -0.4 is 15.4 Å². The van der Waals surface area contributed by atoms with E-state index in [9.17, 15) is 0 Å². The van der Waals surface area contributed by atoms with Crippen LogP contribution in [0, 0.1) is 0 Å². The third-order valence-corrected chi connectivity index (χ3v) is 4.10. The van der Waals surface area contributed by atoms with Gasteiger partial charge in [-0.15, -0.1) is 0 Å². The second kappa shape index (κ2) is 9.19. The fourth-order valence-electron chi connectivity index (χ4n) is 2.63. The minimum atomic E-state index is 0.618. The Hall–Kier alpha value is -2.38. The number of nitrogens with zero attached hydrogens (tertiary/aromatic N) is 3. The van der Waals surface area contributed by atoms with Gasteiger partial charge in [-0.1, -0.05) is 12.1 Å². The molecule has 7 heteroatoms. The summed E-state index contributed by atoms with van der Waals surface area (Å²) in [5.74, 6) is 2.30. The van der Waals surface area contributed by atoms with Crippen LogP contribution in [0.2, 0.25) is 0 Å². The summed E-state index contributed by atoms with van der Waals surface area (Å²) in [5.41, 5.74) is 1.15. The maximum atomic E-state index is 5.36. The summed E-state index contributed by atoms with van der Waals surface area (Å²) in [6, 6.07) is 9.83. The molecule has 2 N–H and O–H groups in total. The standard InChI is InChI=1S/C18H25N5O2/c1-24-16-4-2-15(3-5-16)14-21-18-20-7-6-17(22-18)19-8-9-23-10-12-25-13-11-23/h2-7H,8-14H2,1H3,(H2,19,20,21,22). The third-order valence-electron chi connectivity index (χ3n) is 4.10. The number of aromatic nitrogens is 2. The topological polar surface area (TPSA) is 71.5 Å². The van der Waals surface area contributed by atoms with E-state index >= 15 is 0 Å². The molecule has 1 aromatic carbocycles. The van der Waals surface area contributed by atoms with Gasteiger partial charge in [-0.2, -0.15) is 4.98 Å². The van der Waals surface area contributed by atoms with Crippen molar-refractivity contribution in [3.8, 4) is 5.75 Å². The Bertz CT molecular complexity index is 644. The minimum absolute atomic E-state index is 0.618. The fourth-order valence-corrected chi connectivity index (χ4v) is 2.63. The zero-order chi connectivity index (χ0) is 17.3. The summed E-state index contributed by atoms with van der Waals surface area (Å²) < 4.78 is 10.5. The Morgan fingerprint density at radius 3 is 2.68 bits per heavy atom. The molecule has 3 rings (SSSR count). The molecule has 1 aliphatic rings. The van der Waals surface area contributed by atoms with Crippen LogP contribution in [0.1, 0.15) is 5.56 Å². The van der Waals surface area contributed by atoms with E-state index in [2.05, 4.69) is 25.5 Å². The number of anilines is 2. The van der Waals surface area contributed by atoms with E-state index in [1.807, 2.05) is 30.3 Å². The van der Waals surface area contributed by atoms with Crippen LogP contribution in [0.4, 0.5) is 11.8 Å². The van der Waals surface area contributed by atoms with E-state index in [1.165, 1.54) is 0 Å². The Labute approximate surface area is 148 Å². The number of benzene rings is 1. The van der Waals surface area contributed by atoms with E-state index in [0.29, 0.717) is 12.5 Å². The smallest absolute Gasteiger partial charge is 0.224 e. The number of nitrogens with one attached hydrogen (secondary N) is 2. The first-order chi connectivity index (χ1) is 12.3. The normalized spacial score (nSPS) is 14.9. The average Bonchev–Trinajstić information content (AvgIpc) is 2.68. The minimum Gasteiger partial charge on any atom is -0.497 e. The molecule has 25 heavy (non-hydrogen) atoms. The molecule has 0 unspecified atom stereocenters. The van der Waals surface area contributed by atoms with Crippen molar-refractivity contribution in [2.24, 2.45) is 0 Å². The lowest BCUT2D eigenvalue weighted by molar-refractivity contribution is 0.0398. The van der Waals surface area contributed by atoms with Gasteiger partial charge in [-0.05, 0) is 23.8 Å². The first-order valence-corrected chi connectivity index (χ1v) is 8.57. The van der Waals surface area contributed by atoms with Gasteiger partial charge >= 0.3 is 0 Å². The molecule has 0 aliphatic carbocycles. The van der Waals surface area contributed by atoms with Crippen LogP contribution in [0.5, 0.6) is 5.75 Å². The molecule has 2 aromatic rings. The van der Waals surface area contributed by atoms with Crippen LogP contribution >= 0.6 is 0 Å². The summed E-state index contributed by atoms with van der Waals surface area (Å²) in [7, 11) is 1.67. The maximum absolute atomic E-state index is 5.36. The SMILES string of the molecule is COc1ccc(CNc2nccc(NCCN3CCOCC3)n2)cc1. The van der Waals surface area contributed by atoms with Gasteiger partial charge in [0, 0.05) is 38.9 Å². The summed E-state index contributed by atoms with van der Waals surface area (Å²) in [6.07, 6.45) is 1.76. The van der Waals surface area contributed by atoms with Gasteiger partial charge in [-0.3, -0.25) is 4.90 Å². The number of hydrogen-bond donors (Lipinski definition) is 2. The number of rotatable bonds is 8. The molecular weight excluding hydrogens is 318 g/mol. The van der Waals surface area contributed by atoms with Gasteiger partial charge in [-0.25, -0.2) is 4.98 Å². The molecule has 1 aromatic heterocycles. The monoisotopic (exact) mass is 343 g/mol. The van der Waals surface area contributed by atoms with Gasteiger partial charge in [0.1, 0.15) is 11.6 Å². The number of morpholine rings is 1. The predicted molar refractivity (Wildman–Crippen MR) is 98.1 cm³/mol. The molecule has 0 amide bonds. The lowest BCUT2D eigenvalue weighted by Gasteiger charge is -2.26. The molecule has 134 valence electrons. The Morgan fingerprint density at radius 2 is 1.92 bits per heavy atom. The summed E-state index contributed by atoms with van der Waals surface area (Å²) >= 11 is 0. The third kappa shape index (κ3) is 5.58. The highest BCUT2D eigenvalue weighted by molar-refractivity contribution is 5.40. The largest absolute Gasteiger partial charge is 0.497 e. The van der Waals surface area contributed by atoms with E-state index in [-0.39, 0.29) is 0 Å². The molecule has 1 aliphatic heterocycles. The highest BCUT2D eigenvalue weighted by atomic mass is 16.5. The van der Waals surface area contributed by atoms with Crippen LogP contribution in [0.15, 0.2) is 36.5 Å². The highest BCUT2D eigenvalue weighted by Gasteiger charge is 2.09. The second-order valence-electron chi connectivity index (χ2n) is 5.85. The van der Waals surface area contributed by atoms with E-state index < -0.39 is 0 Å². The van der Waals surface area contributed by atoms with Gasteiger partial charge < -0.3 is 20.1 Å². The first-order valence-electron chi connectivity index (χ1n) is 8.57. The summed E-state index contributed by atoms with van der Waals surface area (Å²) in [6.45, 7) is 6.16. The van der Waals surface area contributed by atoms with Gasteiger partial charge in [0.05, 0.1) is 20.3 Å². The Morgan fingerprint density at radius 1 is 1.12 bits per heavy atom. The van der Waals surface area contributed by atoms with Crippen LogP contribution in [-0.2, 0) is 11.3 Å². The number of hydrogen-bond acceptors (Lipinski definition) is 7. The number of ether oxygens (including phenoxy) is 2. The fraction of sp³-hybridized carbons (Fsp3) is 0.444. The van der Waals surface area contributed by atoms with Crippen molar-refractivity contribution < 1.29 is 9.47 Å². The molecule has 0 saturated carbocycles. The van der Waals surface area contributed by atoms with Gasteiger partial charge in [0.2, 0.25) is 5.95 Å². The summed E-state index contributed by atoms with van der Waals surface area (Å²) in [5, 5.41) is 6.60. The quantitative estimate of drug-likeness (QED) is 0.758. The van der Waals surface area contributed by atoms with Gasteiger partial charge in [0.15, 0.2) is 0 Å². The average molecular weight is 343 g/mol. The molecule has 0 bridgehead atoms. The van der Waals surface area contributed by atoms with Crippen molar-refractivity contribution in [1.82, 2.24) is 14.9 Å². The van der Waals surface area contributed by atoms with E-state index in [1.54, 1.807) is 13.3 Å². The molecule has 7 nitrogen and oxygen atoms in total. The lowest BCUT2D eigenvalue weighted by atomic mass is 10.2. The van der Waals surface area contributed by atoms with E-state index in [4.69, 9.17) is 9.47 Å². The van der Waals surface area contributed by atoms with Crippen molar-refractivity contribution in [3.05, 3.63) is 42.1 Å². The molecular formula is C18H25N5O2. The van der Waals surface area contributed by atoms with Crippen molar-refractivity contribution in [2.45, 2.75) is 6.54 Å². The zero-order valence-electron chi connectivity index (χ0n) is 14.6. The Kier molecular flexibility index (Phi) is 6.42. The van der Waals surface area contributed by atoms with Crippen molar-refractivity contribution in [3.63, 3.8) is 0 Å². The highest BCUT2D eigenvalue weighted by Crippen LogP contribution is 2.13. The summed E-state index contributed by atoms with van der Waals surface area (Å²) in [4.78, 5) is 11.2. The van der Waals surface area contributed by atoms with Crippen LogP contribution in [0.25, 0.3) is 0 Å². The maximum Gasteiger partial charge on any atom is 0.224 e. The molecule has 2 heterocycles. The van der Waals surface area contributed by atoms with Gasteiger partial charge in [0.25, 0.3) is 0 Å². The van der Waals surface area contributed by atoms with E-state index in [0.717, 1.165) is 56.5 Å². The lowest BCUT2D eigenvalue weighted by Crippen LogP contribution is -2.39. The molecule has 0 radical (unpaired) electrons. The van der Waals surface area contributed by atoms with Crippen LogP contribution in [-0.4, -0.2) is 61.4 Å². The number of methoxy groups -OCH3 is 1. The van der Waals surface area contributed by atoms with Crippen molar-refractivity contribution in [2.75, 3.05) is 57.1 Å². The molecule has 0 spiro atoms. The predicted octanol–water partition coefficient (Wildman–Crippen LogP) is 1.84. The van der Waals surface area contributed by atoms with Crippen molar-refractivity contribution in [1.29, 1.82) is 0 Å². The second-order valence-corrected chi connectivity index (χ2v) is 5.85. The molecule has 0 atom stereocenters. The van der Waals surface area contributed by atoms with Crippen molar-refractivity contribution >= 4 is 11.8 Å². The molecule has 1 saturated heterocycles. The Balaban J connectivity index is 1.45. The molecule has 1 fully saturated rings. The zero-order valence-corrected chi connectivity index (χ0v) is 14.6. The first kappa shape index (κ1) is 17.4.